The number of ether oxygens (including phenoxy) is 1. The van der Waals surface area contributed by atoms with Crippen LogP contribution in [0.4, 0.5) is 10.1 Å². The lowest BCUT2D eigenvalue weighted by Crippen LogP contribution is -1.97. The molecule has 1 aromatic heterocycles. The molecule has 0 spiro atoms. The highest BCUT2D eigenvalue weighted by molar-refractivity contribution is 5.47. The van der Waals surface area contributed by atoms with Gasteiger partial charge in [0.25, 0.3) is 0 Å². The number of aliphatic hydroxyl groups excluding tert-OH is 1. The van der Waals surface area contributed by atoms with E-state index in [0.29, 0.717) is 5.56 Å². The lowest BCUT2D eigenvalue weighted by Gasteiger charge is -2.07. The van der Waals surface area contributed by atoms with Crippen molar-refractivity contribution in [2.45, 2.75) is 13.0 Å². The highest BCUT2D eigenvalue weighted by Crippen LogP contribution is 2.31. The van der Waals surface area contributed by atoms with E-state index >= 15 is 0 Å². The summed E-state index contributed by atoms with van der Waals surface area (Å²) in [5.74, 6) is -0.804. The first-order valence-corrected chi connectivity index (χ1v) is 5.73. The lowest BCUT2D eigenvalue weighted by atomic mass is 10.2. The second-order valence-corrected chi connectivity index (χ2v) is 4.08. The fraction of sp³-hybridized carbons (Fsp3) is 0.154. The summed E-state index contributed by atoms with van der Waals surface area (Å²) in [5, 5.41) is 20.2. The van der Waals surface area contributed by atoms with E-state index in [2.05, 4.69) is 4.98 Å². The quantitative estimate of drug-likeness (QED) is 0.686. The minimum Gasteiger partial charge on any atom is -0.432 e. The van der Waals surface area contributed by atoms with Gasteiger partial charge in [0.1, 0.15) is 5.82 Å². The normalized spacial score (nSPS) is 11.9. The number of hydrogen-bond donors (Lipinski definition) is 1. The fourth-order valence-corrected chi connectivity index (χ4v) is 1.53. The summed E-state index contributed by atoms with van der Waals surface area (Å²) in [4.78, 5) is 14.0. The molecule has 1 N–H and O–H groups in total. The molecular formula is C13H11FN2O4. The van der Waals surface area contributed by atoms with Crippen molar-refractivity contribution in [2.24, 2.45) is 0 Å². The maximum absolute atomic E-state index is 13.1. The molecule has 1 aromatic carbocycles. The van der Waals surface area contributed by atoms with Crippen LogP contribution < -0.4 is 4.74 Å². The Labute approximate surface area is 113 Å². The molecule has 6 nitrogen and oxygen atoms in total. The first-order chi connectivity index (χ1) is 9.47. The third-order valence-corrected chi connectivity index (χ3v) is 2.57. The number of rotatable bonds is 4. The van der Waals surface area contributed by atoms with Crippen molar-refractivity contribution >= 4 is 5.69 Å². The van der Waals surface area contributed by atoms with Gasteiger partial charge in [-0.05, 0) is 24.6 Å². The highest BCUT2D eigenvalue weighted by Gasteiger charge is 2.17. The molecule has 0 aliphatic rings. The first-order valence-electron chi connectivity index (χ1n) is 5.73. The minimum absolute atomic E-state index is 0.0723. The van der Waals surface area contributed by atoms with E-state index in [1.807, 2.05) is 0 Å². The van der Waals surface area contributed by atoms with Gasteiger partial charge in [0, 0.05) is 24.4 Å². The summed E-state index contributed by atoms with van der Waals surface area (Å²) in [6, 6.07) is 5.93. The first kappa shape index (κ1) is 13.9. The monoisotopic (exact) mass is 278 g/mol. The highest BCUT2D eigenvalue weighted by atomic mass is 19.1. The van der Waals surface area contributed by atoms with Crippen molar-refractivity contribution in [3.63, 3.8) is 0 Å². The second kappa shape index (κ2) is 5.62. The molecule has 0 aliphatic heterocycles. The van der Waals surface area contributed by atoms with E-state index in [-0.39, 0.29) is 17.3 Å². The van der Waals surface area contributed by atoms with Crippen molar-refractivity contribution < 1.29 is 19.2 Å². The SMILES string of the molecule is C[C@@H](O)c1ccc(Oc2cc(F)ccc2[N+](=O)[O-])nc1. The van der Waals surface area contributed by atoms with Gasteiger partial charge < -0.3 is 9.84 Å². The van der Waals surface area contributed by atoms with E-state index in [9.17, 15) is 19.6 Å². The molecular weight excluding hydrogens is 267 g/mol. The minimum atomic E-state index is -0.681. The number of benzene rings is 1. The van der Waals surface area contributed by atoms with Crippen LogP contribution in [0.3, 0.4) is 0 Å². The van der Waals surface area contributed by atoms with Gasteiger partial charge in [-0.25, -0.2) is 9.37 Å². The molecule has 2 rings (SSSR count). The van der Waals surface area contributed by atoms with Crippen LogP contribution in [0.15, 0.2) is 36.5 Å². The van der Waals surface area contributed by atoms with Crippen LogP contribution >= 0.6 is 0 Å². The molecule has 104 valence electrons. The molecule has 0 bridgehead atoms. The predicted molar refractivity (Wildman–Crippen MR) is 68.0 cm³/mol. The zero-order valence-electron chi connectivity index (χ0n) is 10.5. The van der Waals surface area contributed by atoms with Gasteiger partial charge >= 0.3 is 5.69 Å². The molecule has 0 aliphatic carbocycles. The number of aromatic nitrogens is 1. The molecule has 1 heterocycles. The van der Waals surface area contributed by atoms with Crippen LogP contribution in [-0.4, -0.2) is 15.0 Å². The number of pyridine rings is 1. The summed E-state index contributed by atoms with van der Waals surface area (Å²) in [6.45, 7) is 1.58. The Bertz CT molecular complexity index is 629. The van der Waals surface area contributed by atoms with Gasteiger partial charge in [-0.15, -0.1) is 0 Å². The van der Waals surface area contributed by atoms with E-state index in [4.69, 9.17) is 4.74 Å². The summed E-state index contributed by atoms with van der Waals surface area (Å²) in [6.07, 6.45) is 0.700. The van der Waals surface area contributed by atoms with Crippen molar-refractivity contribution in [1.29, 1.82) is 0 Å². The van der Waals surface area contributed by atoms with Gasteiger partial charge in [0.15, 0.2) is 0 Å². The van der Waals surface area contributed by atoms with Gasteiger partial charge in [-0.2, -0.15) is 0 Å². The molecule has 0 amide bonds. The molecule has 1 atom stereocenters. The van der Waals surface area contributed by atoms with E-state index < -0.39 is 16.8 Å². The smallest absolute Gasteiger partial charge is 0.311 e. The second-order valence-electron chi connectivity index (χ2n) is 4.08. The fourth-order valence-electron chi connectivity index (χ4n) is 1.53. The van der Waals surface area contributed by atoms with Crippen LogP contribution in [0.2, 0.25) is 0 Å². The Hall–Kier alpha value is -2.54. The zero-order valence-corrected chi connectivity index (χ0v) is 10.5. The Morgan fingerprint density at radius 1 is 1.40 bits per heavy atom. The van der Waals surface area contributed by atoms with Crippen LogP contribution in [0, 0.1) is 15.9 Å². The Kier molecular flexibility index (Phi) is 3.90. The number of nitro groups is 1. The number of halogens is 1. The molecule has 0 radical (unpaired) electrons. The largest absolute Gasteiger partial charge is 0.432 e. The number of aliphatic hydroxyl groups is 1. The van der Waals surface area contributed by atoms with Crippen LogP contribution in [0.5, 0.6) is 11.6 Å². The molecule has 7 heteroatoms. The van der Waals surface area contributed by atoms with Gasteiger partial charge in [0.2, 0.25) is 11.6 Å². The van der Waals surface area contributed by atoms with E-state index in [1.165, 1.54) is 12.3 Å². The van der Waals surface area contributed by atoms with E-state index in [1.54, 1.807) is 13.0 Å². The third-order valence-electron chi connectivity index (χ3n) is 2.57. The van der Waals surface area contributed by atoms with Gasteiger partial charge in [-0.3, -0.25) is 10.1 Å². The Morgan fingerprint density at radius 3 is 2.70 bits per heavy atom. The molecule has 0 saturated carbocycles. The summed E-state index contributed by atoms with van der Waals surface area (Å²) < 4.78 is 18.3. The summed E-state index contributed by atoms with van der Waals surface area (Å²) in [7, 11) is 0. The van der Waals surface area contributed by atoms with Gasteiger partial charge in [-0.1, -0.05) is 0 Å². The average Bonchev–Trinajstić information content (AvgIpc) is 2.39. The molecule has 20 heavy (non-hydrogen) atoms. The molecule has 0 fully saturated rings. The predicted octanol–water partition coefficient (Wildman–Crippen LogP) is 2.97. The number of hydrogen-bond acceptors (Lipinski definition) is 5. The molecule has 0 saturated heterocycles. The van der Waals surface area contributed by atoms with Gasteiger partial charge in [0.05, 0.1) is 11.0 Å². The van der Waals surface area contributed by atoms with Crippen LogP contribution in [0.25, 0.3) is 0 Å². The summed E-state index contributed by atoms with van der Waals surface area (Å²) in [5.41, 5.74) is 0.221. The van der Waals surface area contributed by atoms with E-state index in [0.717, 1.165) is 18.2 Å². The standard InChI is InChI=1S/C13H11FN2O4/c1-8(17)9-2-5-13(15-7-9)20-12-6-10(14)3-4-11(12)16(18)19/h2-8,17H,1H3/t8-/m1/s1. The Balaban J connectivity index is 2.29. The average molecular weight is 278 g/mol. The van der Waals surface area contributed by atoms with Crippen molar-refractivity contribution in [3.05, 3.63) is 58.0 Å². The van der Waals surface area contributed by atoms with Crippen molar-refractivity contribution in [1.82, 2.24) is 4.98 Å². The van der Waals surface area contributed by atoms with Crippen LogP contribution in [0.1, 0.15) is 18.6 Å². The van der Waals surface area contributed by atoms with Crippen molar-refractivity contribution in [2.75, 3.05) is 0 Å². The molecule has 0 unspecified atom stereocenters. The maximum atomic E-state index is 13.1. The zero-order chi connectivity index (χ0) is 14.7. The summed E-state index contributed by atoms with van der Waals surface area (Å²) >= 11 is 0. The topological polar surface area (TPSA) is 85.5 Å². The number of nitro benzene ring substituents is 1. The maximum Gasteiger partial charge on any atom is 0.311 e. The Morgan fingerprint density at radius 2 is 2.15 bits per heavy atom. The van der Waals surface area contributed by atoms with Crippen molar-refractivity contribution in [3.8, 4) is 11.6 Å². The van der Waals surface area contributed by atoms with Crippen LogP contribution in [-0.2, 0) is 0 Å². The third kappa shape index (κ3) is 3.07. The number of nitrogens with zero attached hydrogens (tertiary/aromatic N) is 2. The molecule has 2 aromatic rings. The lowest BCUT2D eigenvalue weighted by molar-refractivity contribution is -0.385.